The SMILES string of the molecule is O=C(CSC1CCCCC1)Nc1ccccc1OC(F)F. The van der Waals surface area contributed by atoms with Crippen LogP contribution in [0.1, 0.15) is 32.1 Å². The monoisotopic (exact) mass is 315 g/mol. The van der Waals surface area contributed by atoms with E-state index in [0.29, 0.717) is 11.0 Å². The molecule has 1 aromatic rings. The molecule has 1 N–H and O–H groups in total. The van der Waals surface area contributed by atoms with Crippen molar-refractivity contribution in [3.63, 3.8) is 0 Å². The number of ether oxygens (including phenoxy) is 1. The van der Waals surface area contributed by atoms with Crippen molar-refractivity contribution in [2.45, 2.75) is 44.0 Å². The molecule has 0 saturated heterocycles. The quantitative estimate of drug-likeness (QED) is 0.851. The average Bonchev–Trinajstić information content (AvgIpc) is 2.48. The molecule has 1 amide bonds. The molecule has 1 aliphatic carbocycles. The second-order valence-corrected chi connectivity index (χ2v) is 6.28. The minimum atomic E-state index is -2.90. The molecule has 1 aliphatic rings. The Morgan fingerprint density at radius 3 is 2.71 bits per heavy atom. The van der Waals surface area contributed by atoms with E-state index in [1.165, 1.54) is 25.3 Å². The summed E-state index contributed by atoms with van der Waals surface area (Å²) < 4.78 is 29.0. The zero-order chi connectivity index (χ0) is 15.1. The van der Waals surface area contributed by atoms with Crippen LogP contribution in [-0.4, -0.2) is 23.5 Å². The molecule has 0 unspecified atom stereocenters. The zero-order valence-corrected chi connectivity index (χ0v) is 12.5. The maximum atomic E-state index is 12.3. The fraction of sp³-hybridized carbons (Fsp3) is 0.533. The normalized spacial score (nSPS) is 16.0. The Morgan fingerprint density at radius 2 is 2.00 bits per heavy atom. The van der Waals surface area contributed by atoms with Gasteiger partial charge in [-0.05, 0) is 25.0 Å². The van der Waals surface area contributed by atoms with Crippen LogP contribution in [0.3, 0.4) is 0 Å². The largest absolute Gasteiger partial charge is 0.433 e. The van der Waals surface area contributed by atoms with Gasteiger partial charge in [0.2, 0.25) is 5.91 Å². The van der Waals surface area contributed by atoms with E-state index in [2.05, 4.69) is 10.1 Å². The Kier molecular flexibility index (Phi) is 6.29. The van der Waals surface area contributed by atoms with E-state index in [0.717, 1.165) is 12.8 Å². The summed E-state index contributed by atoms with van der Waals surface area (Å²) in [7, 11) is 0. The molecule has 0 spiro atoms. The molecule has 0 aliphatic heterocycles. The minimum absolute atomic E-state index is 0.0106. The summed E-state index contributed by atoms with van der Waals surface area (Å²) in [6, 6.07) is 6.23. The fourth-order valence-corrected chi connectivity index (χ4v) is 3.51. The van der Waals surface area contributed by atoms with Crippen LogP contribution >= 0.6 is 11.8 Å². The number of benzene rings is 1. The van der Waals surface area contributed by atoms with E-state index in [-0.39, 0.29) is 17.3 Å². The molecule has 0 heterocycles. The van der Waals surface area contributed by atoms with E-state index in [9.17, 15) is 13.6 Å². The lowest BCUT2D eigenvalue weighted by atomic mass is 10.0. The van der Waals surface area contributed by atoms with Crippen molar-refractivity contribution in [3.8, 4) is 5.75 Å². The van der Waals surface area contributed by atoms with E-state index < -0.39 is 6.61 Å². The second-order valence-electron chi connectivity index (χ2n) is 4.99. The third-order valence-electron chi connectivity index (χ3n) is 3.38. The van der Waals surface area contributed by atoms with E-state index >= 15 is 0 Å². The van der Waals surface area contributed by atoms with Crippen molar-refractivity contribution >= 4 is 23.4 Å². The fourth-order valence-electron chi connectivity index (χ4n) is 2.38. The Labute approximate surface area is 127 Å². The number of para-hydroxylation sites is 2. The average molecular weight is 315 g/mol. The first-order chi connectivity index (χ1) is 10.1. The van der Waals surface area contributed by atoms with Crippen molar-refractivity contribution in [1.29, 1.82) is 0 Å². The molecule has 0 radical (unpaired) electrons. The lowest BCUT2D eigenvalue weighted by Gasteiger charge is -2.20. The van der Waals surface area contributed by atoms with Gasteiger partial charge in [-0.3, -0.25) is 4.79 Å². The van der Waals surface area contributed by atoms with Crippen LogP contribution in [0.2, 0.25) is 0 Å². The lowest BCUT2D eigenvalue weighted by molar-refractivity contribution is -0.113. The number of hydrogen-bond donors (Lipinski definition) is 1. The molecule has 0 bridgehead atoms. The molecule has 6 heteroatoms. The molecule has 1 saturated carbocycles. The maximum Gasteiger partial charge on any atom is 0.387 e. The molecule has 21 heavy (non-hydrogen) atoms. The number of carbonyl (C=O) groups is 1. The van der Waals surface area contributed by atoms with E-state index in [1.54, 1.807) is 30.0 Å². The summed E-state index contributed by atoms with van der Waals surface area (Å²) in [6.07, 6.45) is 6.04. The summed E-state index contributed by atoms with van der Waals surface area (Å²) in [5.41, 5.74) is 0.284. The van der Waals surface area contributed by atoms with Gasteiger partial charge in [-0.25, -0.2) is 0 Å². The molecule has 0 aromatic heterocycles. The summed E-state index contributed by atoms with van der Waals surface area (Å²) in [6.45, 7) is -2.90. The molecule has 3 nitrogen and oxygen atoms in total. The van der Waals surface area contributed by atoms with Gasteiger partial charge >= 0.3 is 6.61 Å². The Bertz CT molecular complexity index is 465. The van der Waals surface area contributed by atoms with Crippen LogP contribution in [0, 0.1) is 0 Å². The van der Waals surface area contributed by atoms with Gasteiger partial charge in [0.05, 0.1) is 11.4 Å². The summed E-state index contributed by atoms with van der Waals surface area (Å²) in [4.78, 5) is 11.9. The predicted octanol–water partition coefficient (Wildman–Crippen LogP) is 4.29. The molecular weight excluding hydrogens is 296 g/mol. The van der Waals surface area contributed by atoms with Gasteiger partial charge in [0.15, 0.2) is 0 Å². The van der Waals surface area contributed by atoms with Crippen LogP contribution in [0.4, 0.5) is 14.5 Å². The van der Waals surface area contributed by atoms with Gasteiger partial charge in [0.1, 0.15) is 5.75 Å². The number of amides is 1. The number of thioether (sulfide) groups is 1. The van der Waals surface area contributed by atoms with Gasteiger partial charge < -0.3 is 10.1 Å². The second kappa shape index (κ2) is 8.22. The maximum absolute atomic E-state index is 12.3. The highest BCUT2D eigenvalue weighted by atomic mass is 32.2. The zero-order valence-electron chi connectivity index (χ0n) is 11.7. The van der Waals surface area contributed by atoms with E-state index in [4.69, 9.17) is 0 Å². The first-order valence-corrected chi connectivity index (χ1v) is 8.15. The van der Waals surface area contributed by atoms with Crippen molar-refractivity contribution in [2.75, 3.05) is 11.1 Å². The third kappa shape index (κ3) is 5.53. The molecule has 2 rings (SSSR count). The number of hydrogen-bond acceptors (Lipinski definition) is 3. The number of anilines is 1. The molecule has 0 atom stereocenters. The third-order valence-corrected chi connectivity index (χ3v) is 4.75. The molecule has 116 valence electrons. The van der Waals surface area contributed by atoms with Crippen LogP contribution < -0.4 is 10.1 Å². The topological polar surface area (TPSA) is 38.3 Å². The highest BCUT2D eigenvalue weighted by Crippen LogP contribution is 2.29. The van der Waals surface area contributed by atoms with Crippen LogP contribution in [0.15, 0.2) is 24.3 Å². The number of alkyl halides is 2. The van der Waals surface area contributed by atoms with Crippen molar-refractivity contribution in [1.82, 2.24) is 0 Å². The van der Waals surface area contributed by atoms with Crippen molar-refractivity contribution in [3.05, 3.63) is 24.3 Å². The predicted molar refractivity (Wildman–Crippen MR) is 81.0 cm³/mol. The highest BCUT2D eigenvalue weighted by molar-refractivity contribution is 8.00. The smallest absolute Gasteiger partial charge is 0.387 e. The van der Waals surface area contributed by atoms with E-state index in [1.807, 2.05) is 0 Å². The molecule has 1 aromatic carbocycles. The number of halogens is 2. The number of carbonyl (C=O) groups excluding carboxylic acids is 1. The Morgan fingerprint density at radius 1 is 1.29 bits per heavy atom. The summed E-state index contributed by atoms with van der Waals surface area (Å²) >= 11 is 1.64. The van der Waals surface area contributed by atoms with Gasteiger partial charge in [-0.2, -0.15) is 8.78 Å². The van der Waals surface area contributed by atoms with Crippen LogP contribution in [-0.2, 0) is 4.79 Å². The highest BCUT2D eigenvalue weighted by Gasteiger charge is 2.16. The first-order valence-electron chi connectivity index (χ1n) is 7.10. The standard InChI is InChI=1S/C15H19F2NO2S/c16-15(17)20-13-9-5-4-8-12(13)18-14(19)10-21-11-6-2-1-3-7-11/h4-5,8-9,11,15H,1-3,6-7,10H2,(H,18,19). The number of nitrogens with one attached hydrogen (secondary N) is 1. The Hall–Kier alpha value is -1.30. The summed E-state index contributed by atoms with van der Waals surface area (Å²) in [5, 5.41) is 3.18. The summed E-state index contributed by atoms with van der Waals surface area (Å²) in [5.74, 6) is 0.146. The van der Waals surface area contributed by atoms with Crippen LogP contribution in [0.5, 0.6) is 5.75 Å². The molecular formula is C15H19F2NO2S. The minimum Gasteiger partial charge on any atom is -0.433 e. The van der Waals surface area contributed by atoms with Crippen LogP contribution in [0.25, 0.3) is 0 Å². The first kappa shape index (κ1) is 16.1. The van der Waals surface area contributed by atoms with Gasteiger partial charge in [0, 0.05) is 5.25 Å². The molecule has 1 fully saturated rings. The Balaban J connectivity index is 1.84. The lowest BCUT2D eigenvalue weighted by Crippen LogP contribution is -2.18. The van der Waals surface area contributed by atoms with Crippen molar-refractivity contribution < 1.29 is 18.3 Å². The van der Waals surface area contributed by atoms with Crippen molar-refractivity contribution in [2.24, 2.45) is 0 Å². The van der Waals surface area contributed by atoms with Gasteiger partial charge in [-0.1, -0.05) is 31.4 Å². The van der Waals surface area contributed by atoms with Gasteiger partial charge in [0.25, 0.3) is 0 Å². The van der Waals surface area contributed by atoms with Gasteiger partial charge in [-0.15, -0.1) is 11.8 Å². The number of rotatable bonds is 6.